The van der Waals surface area contributed by atoms with Crippen molar-refractivity contribution in [3.63, 3.8) is 0 Å². The fourth-order valence-electron chi connectivity index (χ4n) is 2.46. The molecule has 0 aliphatic rings. The van der Waals surface area contributed by atoms with E-state index in [0.29, 0.717) is 5.82 Å². The van der Waals surface area contributed by atoms with Gasteiger partial charge < -0.3 is 10.5 Å². The van der Waals surface area contributed by atoms with Crippen molar-refractivity contribution in [2.45, 2.75) is 6.92 Å². The third-order valence-electron chi connectivity index (χ3n) is 3.39. The minimum absolute atomic E-state index is 0.526. The van der Waals surface area contributed by atoms with Crippen LogP contribution < -0.4 is 10.5 Å². The van der Waals surface area contributed by atoms with E-state index in [0.717, 1.165) is 27.8 Å². The lowest BCUT2D eigenvalue weighted by molar-refractivity contribution is 0.420. The molecule has 0 aliphatic heterocycles. The molecule has 0 atom stereocenters. The fraction of sp³-hybridized carbons (Fsp3) is 0.118. The molecule has 0 spiro atoms. The first-order chi connectivity index (χ1) is 9.70. The van der Waals surface area contributed by atoms with Gasteiger partial charge in [0.2, 0.25) is 0 Å². The first kappa shape index (κ1) is 12.5. The molecule has 0 fully saturated rings. The molecule has 1 aromatic heterocycles. The van der Waals surface area contributed by atoms with E-state index >= 15 is 0 Å². The number of anilines is 1. The van der Waals surface area contributed by atoms with E-state index in [1.165, 1.54) is 5.56 Å². The van der Waals surface area contributed by atoms with Crippen LogP contribution in [0.15, 0.2) is 48.5 Å². The predicted molar refractivity (Wildman–Crippen MR) is 82.9 cm³/mol. The zero-order chi connectivity index (χ0) is 14.1. The molecule has 20 heavy (non-hydrogen) atoms. The minimum Gasteiger partial charge on any atom is -0.494 e. The molecule has 0 radical (unpaired) electrons. The van der Waals surface area contributed by atoms with Crippen LogP contribution in [0.1, 0.15) is 5.56 Å². The van der Waals surface area contributed by atoms with Crippen molar-refractivity contribution in [3.8, 4) is 17.0 Å². The number of fused-ring (bicyclic) bond motifs is 1. The first-order valence-electron chi connectivity index (χ1n) is 6.50. The zero-order valence-corrected chi connectivity index (χ0v) is 11.6. The van der Waals surface area contributed by atoms with Gasteiger partial charge in [0.15, 0.2) is 5.75 Å². The van der Waals surface area contributed by atoms with Crippen molar-refractivity contribution in [1.82, 2.24) is 4.98 Å². The van der Waals surface area contributed by atoms with Crippen LogP contribution in [0.2, 0.25) is 0 Å². The number of aromatic nitrogens is 1. The number of hydrogen-bond donors (Lipinski definition) is 1. The number of methoxy groups -OCH3 is 1. The highest BCUT2D eigenvalue weighted by Gasteiger charge is 2.14. The molecule has 100 valence electrons. The van der Waals surface area contributed by atoms with Gasteiger partial charge in [0.05, 0.1) is 7.11 Å². The monoisotopic (exact) mass is 264 g/mol. The molecule has 3 rings (SSSR count). The third-order valence-corrected chi connectivity index (χ3v) is 3.39. The van der Waals surface area contributed by atoms with Gasteiger partial charge in [0.25, 0.3) is 0 Å². The van der Waals surface area contributed by atoms with Gasteiger partial charge in [-0.25, -0.2) is 4.98 Å². The summed E-state index contributed by atoms with van der Waals surface area (Å²) in [5.41, 5.74) is 9.07. The molecule has 0 bridgehead atoms. The van der Waals surface area contributed by atoms with E-state index in [-0.39, 0.29) is 0 Å². The lowest BCUT2D eigenvalue weighted by Gasteiger charge is -2.13. The topological polar surface area (TPSA) is 48.1 Å². The van der Waals surface area contributed by atoms with Gasteiger partial charge >= 0.3 is 0 Å². The van der Waals surface area contributed by atoms with Crippen molar-refractivity contribution >= 4 is 16.6 Å². The Kier molecular flexibility index (Phi) is 3.03. The molecule has 0 saturated heterocycles. The predicted octanol–water partition coefficient (Wildman–Crippen LogP) is 3.80. The Morgan fingerprint density at radius 2 is 1.75 bits per heavy atom. The first-order valence-corrected chi connectivity index (χ1v) is 6.50. The summed E-state index contributed by atoms with van der Waals surface area (Å²) in [6.07, 6.45) is 0. The molecule has 2 aromatic carbocycles. The highest BCUT2D eigenvalue weighted by atomic mass is 16.5. The molecule has 0 saturated carbocycles. The zero-order valence-electron chi connectivity index (χ0n) is 11.6. The summed E-state index contributed by atoms with van der Waals surface area (Å²) in [4.78, 5) is 4.54. The van der Waals surface area contributed by atoms with Gasteiger partial charge in [0.1, 0.15) is 11.5 Å². The lowest BCUT2D eigenvalue weighted by Crippen LogP contribution is -1.99. The number of pyridine rings is 1. The number of hydrogen-bond acceptors (Lipinski definition) is 3. The highest BCUT2D eigenvalue weighted by molar-refractivity contribution is 5.99. The van der Waals surface area contributed by atoms with Crippen LogP contribution in [0, 0.1) is 6.92 Å². The minimum atomic E-state index is 0.526. The summed E-state index contributed by atoms with van der Waals surface area (Å²) in [6, 6.07) is 16.1. The highest BCUT2D eigenvalue weighted by Crippen LogP contribution is 2.37. The Bertz CT molecular complexity index is 781. The van der Waals surface area contributed by atoms with Gasteiger partial charge in [-0.1, -0.05) is 48.0 Å². The van der Waals surface area contributed by atoms with Crippen molar-refractivity contribution in [2.24, 2.45) is 0 Å². The summed E-state index contributed by atoms with van der Waals surface area (Å²) in [5, 5.41) is 1.90. The molecule has 0 amide bonds. The van der Waals surface area contributed by atoms with E-state index in [1.54, 1.807) is 7.11 Å². The SMILES string of the molecule is COc1c(-c2cccc(C)c2)nc(N)c2ccccc12. The molecule has 1 heterocycles. The smallest absolute Gasteiger partial charge is 0.153 e. The average Bonchev–Trinajstić information content (AvgIpc) is 2.47. The molecule has 3 aromatic rings. The van der Waals surface area contributed by atoms with E-state index in [4.69, 9.17) is 10.5 Å². The second-order valence-electron chi connectivity index (χ2n) is 4.79. The van der Waals surface area contributed by atoms with Crippen LogP contribution in [-0.2, 0) is 0 Å². The van der Waals surface area contributed by atoms with Crippen molar-refractivity contribution in [3.05, 3.63) is 54.1 Å². The molecule has 0 aliphatic carbocycles. The Labute approximate surface area is 118 Å². The maximum atomic E-state index is 6.09. The van der Waals surface area contributed by atoms with Gasteiger partial charge in [-0.2, -0.15) is 0 Å². The van der Waals surface area contributed by atoms with E-state index in [2.05, 4.69) is 24.0 Å². The summed E-state index contributed by atoms with van der Waals surface area (Å²) in [5.74, 6) is 1.29. The van der Waals surface area contributed by atoms with Crippen LogP contribution in [-0.4, -0.2) is 12.1 Å². The molecular weight excluding hydrogens is 248 g/mol. The summed E-state index contributed by atoms with van der Waals surface area (Å²) < 4.78 is 5.59. The molecular formula is C17H16N2O. The average molecular weight is 264 g/mol. The summed E-state index contributed by atoms with van der Waals surface area (Å²) >= 11 is 0. The van der Waals surface area contributed by atoms with Crippen LogP contribution >= 0.6 is 0 Å². The van der Waals surface area contributed by atoms with Gasteiger partial charge in [0, 0.05) is 16.3 Å². The van der Waals surface area contributed by atoms with Crippen LogP contribution in [0.3, 0.4) is 0 Å². The second kappa shape index (κ2) is 4.85. The Morgan fingerprint density at radius 3 is 2.45 bits per heavy atom. The molecule has 2 N–H and O–H groups in total. The van der Waals surface area contributed by atoms with Crippen LogP contribution in [0.5, 0.6) is 5.75 Å². The lowest BCUT2D eigenvalue weighted by atomic mass is 10.0. The van der Waals surface area contributed by atoms with Crippen LogP contribution in [0.4, 0.5) is 5.82 Å². The second-order valence-corrected chi connectivity index (χ2v) is 4.79. The van der Waals surface area contributed by atoms with Crippen molar-refractivity contribution in [2.75, 3.05) is 12.8 Å². The van der Waals surface area contributed by atoms with E-state index in [9.17, 15) is 0 Å². The van der Waals surface area contributed by atoms with Gasteiger partial charge in [-0.15, -0.1) is 0 Å². The van der Waals surface area contributed by atoms with Gasteiger partial charge in [-0.05, 0) is 13.0 Å². The number of benzene rings is 2. The maximum absolute atomic E-state index is 6.09. The fourth-order valence-corrected chi connectivity index (χ4v) is 2.46. The van der Waals surface area contributed by atoms with Crippen LogP contribution in [0.25, 0.3) is 22.0 Å². The summed E-state index contributed by atoms with van der Waals surface area (Å²) in [6.45, 7) is 2.06. The number of ether oxygens (including phenoxy) is 1. The van der Waals surface area contributed by atoms with Crippen molar-refractivity contribution in [1.29, 1.82) is 0 Å². The molecule has 3 nitrogen and oxygen atoms in total. The standard InChI is InChI=1S/C17H16N2O/c1-11-6-5-7-12(10-11)15-16(20-2)13-8-3-4-9-14(13)17(18)19-15/h3-10H,1-2H3,(H2,18,19). The number of rotatable bonds is 2. The normalized spacial score (nSPS) is 10.7. The van der Waals surface area contributed by atoms with E-state index < -0.39 is 0 Å². The Morgan fingerprint density at radius 1 is 1.00 bits per heavy atom. The van der Waals surface area contributed by atoms with Gasteiger partial charge in [-0.3, -0.25) is 0 Å². The number of nitrogens with two attached hydrogens (primary N) is 1. The molecule has 0 unspecified atom stereocenters. The van der Waals surface area contributed by atoms with E-state index in [1.807, 2.05) is 36.4 Å². The maximum Gasteiger partial charge on any atom is 0.153 e. The number of nitrogen functional groups attached to an aromatic ring is 1. The summed E-state index contributed by atoms with van der Waals surface area (Å²) in [7, 11) is 1.67. The Hall–Kier alpha value is -2.55. The third kappa shape index (κ3) is 1.97. The number of aryl methyl sites for hydroxylation is 1. The van der Waals surface area contributed by atoms with Crippen molar-refractivity contribution < 1.29 is 4.74 Å². The largest absolute Gasteiger partial charge is 0.494 e. The quantitative estimate of drug-likeness (QED) is 0.765. The number of nitrogens with zero attached hydrogens (tertiary/aromatic N) is 1. The molecule has 3 heteroatoms. The Balaban J connectivity index is 2.36.